The van der Waals surface area contributed by atoms with Gasteiger partial charge in [-0.05, 0) is 29.8 Å². The average molecular weight is 494 g/mol. The highest BCUT2D eigenvalue weighted by Crippen LogP contribution is 2.44. The summed E-state index contributed by atoms with van der Waals surface area (Å²) in [6.07, 6.45) is 5.07. The Bertz CT molecular complexity index is 1310. The lowest BCUT2D eigenvalue weighted by atomic mass is 10.0. The van der Waals surface area contributed by atoms with Crippen molar-refractivity contribution in [2.75, 3.05) is 33.8 Å². The van der Waals surface area contributed by atoms with Crippen LogP contribution in [0.25, 0.3) is 22.5 Å². The molecule has 0 aliphatic rings. The first-order valence-electron chi connectivity index (χ1n) is 11.0. The van der Waals surface area contributed by atoms with Crippen LogP contribution in [0.2, 0.25) is 0 Å². The smallest absolute Gasteiger partial charge is 0.241 e. The third kappa shape index (κ3) is 4.96. The fourth-order valence-corrected chi connectivity index (χ4v) is 3.79. The van der Waals surface area contributed by atoms with Gasteiger partial charge in [-0.1, -0.05) is 11.2 Å². The molecule has 4 aromatic rings. The molecule has 0 saturated carbocycles. The van der Waals surface area contributed by atoms with E-state index < -0.39 is 6.04 Å². The van der Waals surface area contributed by atoms with Crippen LogP contribution in [0.1, 0.15) is 5.69 Å². The minimum absolute atomic E-state index is 0.310. The first-order valence-corrected chi connectivity index (χ1v) is 11.0. The van der Waals surface area contributed by atoms with Crippen molar-refractivity contribution < 1.29 is 28.3 Å². The molecule has 0 spiro atoms. The molecular formula is C25H27N5O6. The van der Waals surface area contributed by atoms with Gasteiger partial charge >= 0.3 is 0 Å². The van der Waals surface area contributed by atoms with E-state index in [9.17, 15) is 4.79 Å². The number of anilines is 1. The first-order chi connectivity index (χ1) is 17.5. The molecule has 0 saturated heterocycles. The molecule has 1 atom stereocenters. The maximum Gasteiger partial charge on any atom is 0.241 e. The average Bonchev–Trinajstić information content (AvgIpc) is 3.60. The standard InChI is InChI=1S/C25H27N5O6/c1-32-20-6-5-14(7-19(20)30-25(31)18(26)10-16-11-27-13-28-16)17-12-29-36-23(17)15-8-21(33-2)24(35-4)22(9-15)34-3/h5-9,11-13,18H,10,26H2,1-4H3,(H,27,28)(H,30,31). The molecule has 1 unspecified atom stereocenters. The molecule has 2 aromatic carbocycles. The molecule has 188 valence electrons. The van der Waals surface area contributed by atoms with E-state index in [0.29, 0.717) is 52.0 Å². The van der Waals surface area contributed by atoms with Crippen LogP contribution in [0, 0.1) is 0 Å². The van der Waals surface area contributed by atoms with E-state index in [0.717, 1.165) is 11.3 Å². The number of carbonyl (C=O) groups is 1. The Morgan fingerprint density at radius 2 is 1.72 bits per heavy atom. The zero-order chi connectivity index (χ0) is 25.7. The van der Waals surface area contributed by atoms with E-state index in [1.165, 1.54) is 34.8 Å². The van der Waals surface area contributed by atoms with Crippen molar-refractivity contribution in [2.24, 2.45) is 5.73 Å². The maximum atomic E-state index is 12.8. The fraction of sp³-hybridized carbons (Fsp3) is 0.240. The summed E-state index contributed by atoms with van der Waals surface area (Å²) in [5.74, 6) is 2.01. The molecule has 2 heterocycles. The number of H-pyrrole nitrogens is 1. The van der Waals surface area contributed by atoms with Gasteiger partial charge < -0.3 is 39.5 Å². The number of nitrogens with two attached hydrogens (primary N) is 1. The van der Waals surface area contributed by atoms with Gasteiger partial charge in [-0.15, -0.1) is 0 Å². The second-order valence-electron chi connectivity index (χ2n) is 7.77. The van der Waals surface area contributed by atoms with Gasteiger partial charge in [-0.2, -0.15) is 0 Å². The van der Waals surface area contributed by atoms with E-state index in [-0.39, 0.29) is 5.91 Å². The molecule has 36 heavy (non-hydrogen) atoms. The number of ether oxygens (including phenoxy) is 4. The van der Waals surface area contributed by atoms with Gasteiger partial charge in [0.1, 0.15) is 5.75 Å². The fourth-order valence-electron chi connectivity index (χ4n) is 3.79. The van der Waals surface area contributed by atoms with E-state index >= 15 is 0 Å². The summed E-state index contributed by atoms with van der Waals surface area (Å²) < 4.78 is 27.4. The Labute approximate surface area is 207 Å². The highest BCUT2D eigenvalue weighted by Gasteiger charge is 2.21. The van der Waals surface area contributed by atoms with Crippen molar-refractivity contribution in [2.45, 2.75) is 12.5 Å². The van der Waals surface area contributed by atoms with Crippen molar-refractivity contribution in [1.82, 2.24) is 15.1 Å². The second kappa shape index (κ2) is 10.8. The SMILES string of the molecule is COc1ccc(-c2cnoc2-c2cc(OC)c(OC)c(OC)c2)cc1NC(=O)C(N)Cc1cnc[nH]1. The third-order valence-corrected chi connectivity index (χ3v) is 5.60. The Hall–Kier alpha value is -4.51. The van der Waals surface area contributed by atoms with E-state index in [1.807, 2.05) is 6.07 Å². The number of nitrogens with one attached hydrogen (secondary N) is 2. The lowest BCUT2D eigenvalue weighted by molar-refractivity contribution is -0.117. The normalized spacial score (nSPS) is 11.6. The number of hydrogen-bond donors (Lipinski definition) is 3. The third-order valence-electron chi connectivity index (χ3n) is 5.60. The van der Waals surface area contributed by atoms with Crippen LogP contribution in [0.15, 0.2) is 53.6 Å². The van der Waals surface area contributed by atoms with Crippen LogP contribution in [-0.2, 0) is 11.2 Å². The Balaban J connectivity index is 1.67. The first kappa shape index (κ1) is 24.6. The highest BCUT2D eigenvalue weighted by atomic mass is 16.5. The topological polar surface area (TPSA) is 147 Å². The van der Waals surface area contributed by atoms with Gasteiger partial charge in [0.15, 0.2) is 17.3 Å². The number of aromatic nitrogens is 3. The van der Waals surface area contributed by atoms with Crippen molar-refractivity contribution in [3.63, 3.8) is 0 Å². The number of carbonyl (C=O) groups excluding carboxylic acids is 1. The van der Waals surface area contributed by atoms with Gasteiger partial charge in [0.2, 0.25) is 11.7 Å². The summed E-state index contributed by atoms with van der Waals surface area (Å²) in [5, 5.41) is 6.85. The summed E-state index contributed by atoms with van der Waals surface area (Å²) in [6, 6.07) is 8.11. The van der Waals surface area contributed by atoms with Crippen LogP contribution < -0.4 is 30.0 Å². The number of hydrogen-bond acceptors (Lipinski definition) is 9. The Morgan fingerprint density at radius 3 is 2.33 bits per heavy atom. The summed E-state index contributed by atoms with van der Waals surface area (Å²) in [7, 11) is 6.14. The monoisotopic (exact) mass is 493 g/mol. The molecule has 0 radical (unpaired) electrons. The molecular weight excluding hydrogens is 466 g/mol. The lowest BCUT2D eigenvalue weighted by Crippen LogP contribution is -2.37. The zero-order valence-electron chi connectivity index (χ0n) is 20.3. The van der Waals surface area contributed by atoms with E-state index in [4.69, 9.17) is 29.2 Å². The molecule has 11 heteroatoms. The summed E-state index contributed by atoms with van der Waals surface area (Å²) in [4.78, 5) is 19.7. The summed E-state index contributed by atoms with van der Waals surface area (Å²) in [6.45, 7) is 0. The van der Waals surface area contributed by atoms with Gasteiger partial charge in [0.25, 0.3) is 0 Å². The highest BCUT2D eigenvalue weighted by molar-refractivity contribution is 5.97. The largest absolute Gasteiger partial charge is 0.495 e. The van der Waals surface area contributed by atoms with Crippen LogP contribution >= 0.6 is 0 Å². The Morgan fingerprint density at radius 1 is 1.00 bits per heavy atom. The van der Waals surface area contributed by atoms with Crippen LogP contribution in [0.5, 0.6) is 23.0 Å². The zero-order valence-corrected chi connectivity index (χ0v) is 20.3. The molecule has 11 nitrogen and oxygen atoms in total. The van der Waals surface area contributed by atoms with Crippen molar-refractivity contribution in [1.29, 1.82) is 0 Å². The second-order valence-corrected chi connectivity index (χ2v) is 7.77. The number of benzene rings is 2. The number of rotatable bonds is 10. The Kier molecular flexibility index (Phi) is 7.40. The minimum atomic E-state index is -0.788. The number of methoxy groups -OCH3 is 4. The number of aromatic amines is 1. The van der Waals surface area contributed by atoms with Crippen molar-refractivity contribution >= 4 is 11.6 Å². The predicted octanol–water partition coefficient (Wildman–Crippen LogP) is 3.27. The van der Waals surface area contributed by atoms with E-state index in [2.05, 4.69) is 20.4 Å². The molecule has 0 bridgehead atoms. The maximum absolute atomic E-state index is 12.8. The van der Waals surface area contributed by atoms with Gasteiger partial charge in [-0.3, -0.25) is 4.79 Å². The molecule has 4 N–H and O–H groups in total. The van der Waals surface area contributed by atoms with Crippen molar-refractivity contribution in [3.05, 3.63) is 54.7 Å². The molecule has 0 aliphatic heterocycles. The molecule has 1 amide bonds. The van der Waals surface area contributed by atoms with Crippen LogP contribution in [-0.4, -0.2) is 55.5 Å². The minimum Gasteiger partial charge on any atom is -0.495 e. The number of amides is 1. The summed E-state index contributed by atoms with van der Waals surface area (Å²) in [5.41, 5.74) is 9.40. The number of imidazole rings is 1. The quantitative estimate of drug-likeness (QED) is 0.303. The predicted molar refractivity (Wildman–Crippen MR) is 132 cm³/mol. The number of nitrogens with zero attached hydrogens (tertiary/aromatic N) is 2. The van der Waals surface area contributed by atoms with Crippen LogP contribution in [0.3, 0.4) is 0 Å². The molecule has 0 fully saturated rings. The van der Waals surface area contributed by atoms with E-state index in [1.54, 1.807) is 36.7 Å². The molecule has 4 rings (SSSR count). The van der Waals surface area contributed by atoms with Gasteiger partial charge in [0, 0.05) is 29.4 Å². The summed E-state index contributed by atoms with van der Waals surface area (Å²) >= 11 is 0. The van der Waals surface area contributed by atoms with Gasteiger partial charge in [0.05, 0.1) is 52.7 Å². The van der Waals surface area contributed by atoms with Crippen molar-refractivity contribution in [3.8, 4) is 45.4 Å². The molecule has 0 aliphatic carbocycles. The van der Waals surface area contributed by atoms with Crippen LogP contribution in [0.4, 0.5) is 5.69 Å². The van der Waals surface area contributed by atoms with Gasteiger partial charge in [-0.25, -0.2) is 4.98 Å². The lowest BCUT2D eigenvalue weighted by Gasteiger charge is -2.15. The molecule has 2 aromatic heterocycles.